The minimum absolute atomic E-state index is 0.579. The fourth-order valence-electron chi connectivity index (χ4n) is 7.19. The van der Waals surface area contributed by atoms with Gasteiger partial charge in [0.15, 0.2) is 11.6 Å². The molecule has 0 spiro atoms. The molecule has 0 saturated carbocycles. The lowest BCUT2D eigenvalue weighted by Crippen LogP contribution is -2.07. The van der Waals surface area contributed by atoms with E-state index in [1.807, 2.05) is 18.2 Å². The third-order valence-corrected chi connectivity index (χ3v) is 9.35. The van der Waals surface area contributed by atoms with Gasteiger partial charge in [-0.15, -0.1) is 0 Å². The van der Waals surface area contributed by atoms with Crippen molar-refractivity contribution in [3.8, 4) is 34.4 Å². The molecular weight excluding hydrogens is 587 g/mol. The van der Waals surface area contributed by atoms with Gasteiger partial charge in [-0.3, -0.25) is 4.57 Å². The summed E-state index contributed by atoms with van der Waals surface area (Å²) >= 11 is 0. The van der Waals surface area contributed by atoms with E-state index < -0.39 is 0 Å². The van der Waals surface area contributed by atoms with Gasteiger partial charge in [0.2, 0.25) is 5.95 Å². The van der Waals surface area contributed by atoms with Crippen molar-refractivity contribution in [2.75, 3.05) is 0 Å². The Hall–Kier alpha value is -6.59. The number of fused-ring (bicyclic) bond motifs is 8. The minimum atomic E-state index is 0.579. The Labute approximate surface area is 276 Å². The molecule has 10 rings (SSSR count). The molecular formula is C43H27N5. The van der Waals surface area contributed by atoms with Gasteiger partial charge in [-0.1, -0.05) is 133 Å². The predicted octanol–water partition coefficient (Wildman–Crippen LogP) is 10.6. The zero-order chi connectivity index (χ0) is 31.6. The van der Waals surface area contributed by atoms with E-state index in [0.717, 1.165) is 55.0 Å². The topological polar surface area (TPSA) is 48.5 Å². The molecule has 0 unspecified atom stereocenters. The van der Waals surface area contributed by atoms with E-state index in [9.17, 15) is 0 Å². The lowest BCUT2D eigenvalue weighted by Gasteiger charge is -2.13. The first-order valence-electron chi connectivity index (χ1n) is 16.1. The number of hydrogen-bond donors (Lipinski definition) is 0. The van der Waals surface area contributed by atoms with E-state index in [2.05, 4.69) is 155 Å². The van der Waals surface area contributed by atoms with Gasteiger partial charge in [0.25, 0.3) is 0 Å². The van der Waals surface area contributed by atoms with Crippen LogP contribution in [0.25, 0.3) is 88.8 Å². The third kappa shape index (κ3) is 4.01. The Bertz CT molecular complexity index is 2830. The molecule has 10 aromatic rings. The molecule has 0 bridgehead atoms. The van der Waals surface area contributed by atoms with Crippen molar-refractivity contribution in [1.82, 2.24) is 24.1 Å². The quantitative estimate of drug-likeness (QED) is 0.198. The minimum Gasteiger partial charge on any atom is -0.307 e. The Kier molecular flexibility index (Phi) is 5.81. The van der Waals surface area contributed by atoms with Gasteiger partial charge in [0.1, 0.15) is 0 Å². The Balaban J connectivity index is 1.36. The van der Waals surface area contributed by atoms with Crippen LogP contribution in [-0.2, 0) is 0 Å². The monoisotopic (exact) mass is 613 g/mol. The number of benzene rings is 7. The molecule has 0 fully saturated rings. The summed E-state index contributed by atoms with van der Waals surface area (Å²) in [5.41, 5.74) is 7.35. The van der Waals surface area contributed by atoms with Gasteiger partial charge in [0, 0.05) is 38.4 Å². The van der Waals surface area contributed by atoms with Crippen molar-refractivity contribution in [3.63, 3.8) is 0 Å². The van der Waals surface area contributed by atoms with Crippen molar-refractivity contribution in [2.24, 2.45) is 0 Å². The number of nitrogens with zero attached hydrogens (tertiary/aromatic N) is 5. The molecule has 3 heterocycles. The second-order valence-corrected chi connectivity index (χ2v) is 12.1. The van der Waals surface area contributed by atoms with Crippen LogP contribution < -0.4 is 0 Å². The highest BCUT2D eigenvalue weighted by molar-refractivity contribution is 6.23. The molecule has 5 nitrogen and oxygen atoms in total. The summed E-state index contributed by atoms with van der Waals surface area (Å²) < 4.78 is 4.62. The highest BCUT2D eigenvalue weighted by Crippen LogP contribution is 2.41. The number of hydrogen-bond acceptors (Lipinski definition) is 3. The highest BCUT2D eigenvalue weighted by Gasteiger charge is 2.23. The maximum atomic E-state index is 5.27. The van der Waals surface area contributed by atoms with Gasteiger partial charge in [0.05, 0.1) is 22.1 Å². The number of aromatic nitrogens is 5. The molecule has 0 aliphatic heterocycles. The average Bonchev–Trinajstić information content (AvgIpc) is 3.68. The second kappa shape index (κ2) is 10.5. The maximum absolute atomic E-state index is 5.27. The third-order valence-electron chi connectivity index (χ3n) is 9.35. The molecule has 224 valence electrons. The van der Waals surface area contributed by atoms with Gasteiger partial charge in [-0.25, -0.2) is 4.98 Å². The Morgan fingerprint density at radius 3 is 1.60 bits per heavy atom. The Morgan fingerprint density at radius 1 is 0.354 bits per heavy atom. The summed E-state index contributed by atoms with van der Waals surface area (Å²) in [6.45, 7) is 0. The Morgan fingerprint density at radius 2 is 0.896 bits per heavy atom. The first kappa shape index (κ1) is 26.6. The summed E-state index contributed by atoms with van der Waals surface area (Å²) in [5.74, 6) is 1.84. The first-order valence-corrected chi connectivity index (χ1v) is 16.1. The van der Waals surface area contributed by atoms with Crippen molar-refractivity contribution < 1.29 is 0 Å². The van der Waals surface area contributed by atoms with Crippen LogP contribution >= 0.6 is 0 Å². The lowest BCUT2D eigenvalue weighted by atomic mass is 10.1. The van der Waals surface area contributed by atoms with Crippen molar-refractivity contribution >= 4 is 54.4 Å². The van der Waals surface area contributed by atoms with Gasteiger partial charge >= 0.3 is 0 Å². The van der Waals surface area contributed by atoms with E-state index in [1.165, 1.54) is 16.2 Å². The summed E-state index contributed by atoms with van der Waals surface area (Å²) in [6, 6.07) is 57.3. The molecule has 0 aliphatic rings. The molecule has 7 aromatic carbocycles. The molecule has 48 heavy (non-hydrogen) atoms. The predicted molar refractivity (Wildman–Crippen MR) is 197 cm³/mol. The summed E-state index contributed by atoms with van der Waals surface area (Å²) in [6.07, 6.45) is 0. The zero-order valence-electron chi connectivity index (χ0n) is 25.8. The fraction of sp³-hybridized carbons (Fsp3) is 0. The molecule has 0 atom stereocenters. The van der Waals surface area contributed by atoms with E-state index in [1.54, 1.807) is 0 Å². The molecule has 0 radical (unpaired) electrons. The van der Waals surface area contributed by atoms with Gasteiger partial charge in [-0.05, 0) is 41.1 Å². The van der Waals surface area contributed by atoms with Crippen LogP contribution in [0.1, 0.15) is 0 Å². The first-order chi connectivity index (χ1) is 23.8. The molecule has 0 saturated heterocycles. The van der Waals surface area contributed by atoms with E-state index in [4.69, 9.17) is 15.0 Å². The maximum Gasteiger partial charge on any atom is 0.238 e. The average molecular weight is 614 g/mol. The molecule has 3 aromatic heterocycles. The number of rotatable bonds is 4. The van der Waals surface area contributed by atoms with Crippen LogP contribution in [-0.4, -0.2) is 24.1 Å². The number of para-hydroxylation sites is 3. The van der Waals surface area contributed by atoms with E-state index in [0.29, 0.717) is 17.6 Å². The largest absolute Gasteiger partial charge is 0.307 e. The van der Waals surface area contributed by atoms with Crippen molar-refractivity contribution in [1.29, 1.82) is 0 Å². The van der Waals surface area contributed by atoms with Crippen LogP contribution in [0.2, 0.25) is 0 Å². The highest BCUT2D eigenvalue weighted by atomic mass is 15.2. The van der Waals surface area contributed by atoms with E-state index >= 15 is 0 Å². The fourth-order valence-corrected chi connectivity index (χ4v) is 7.19. The smallest absolute Gasteiger partial charge is 0.238 e. The van der Waals surface area contributed by atoms with Crippen LogP contribution in [0.15, 0.2) is 164 Å². The van der Waals surface area contributed by atoms with Crippen LogP contribution in [0.5, 0.6) is 0 Å². The van der Waals surface area contributed by atoms with E-state index in [-0.39, 0.29) is 0 Å². The van der Waals surface area contributed by atoms with Crippen molar-refractivity contribution in [3.05, 3.63) is 164 Å². The summed E-state index contributed by atoms with van der Waals surface area (Å²) in [5, 5.41) is 6.99. The zero-order valence-corrected chi connectivity index (χ0v) is 25.8. The molecule has 0 aliphatic carbocycles. The summed E-state index contributed by atoms with van der Waals surface area (Å²) in [7, 11) is 0. The molecule has 0 N–H and O–H groups in total. The standard InChI is InChI=1S/C43H27N5/c1-3-14-29(15-4-1)41-44-42(31-24-23-28-13-7-8-16-30(28)27-31)46-43(45-41)48-38-22-12-10-20-34(38)36-26-25-35-33-19-9-11-21-37(33)47(39(35)40(36)48)32-17-5-2-6-18-32/h1-27H. The molecule has 5 heteroatoms. The SMILES string of the molecule is c1ccc(-c2nc(-c3ccc4ccccc4c3)nc(-n3c4ccccc4c4ccc5c6ccccc6n(-c6ccccc6)c5c43)n2)cc1. The van der Waals surface area contributed by atoms with Crippen LogP contribution in [0.3, 0.4) is 0 Å². The van der Waals surface area contributed by atoms with Crippen LogP contribution in [0.4, 0.5) is 0 Å². The van der Waals surface area contributed by atoms with Crippen LogP contribution in [0, 0.1) is 0 Å². The lowest BCUT2D eigenvalue weighted by molar-refractivity contribution is 0.953. The second-order valence-electron chi connectivity index (χ2n) is 12.1. The van der Waals surface area contributed by atoms with Gasteiger partial charge in [-0.2, -0.15) is 9.97 Å². The van der Waals surface area contributed by atoms with Crippen molar-refractivity contribution in [2.45, 2.75) is 0 Å². The summed E-state index contributed by atoms with van der Waals surface area (Å²) in [4.78, 5) is 15.6. The molecule has 0 amide bonds. The van der Waals surface area contributed by atoms with Gasteiger partial charge < -0.3 is 4.57 Å². The normalized spacial score (nSPS) is 11.8.